The molecule has 0 spiro atoms. The predicted octanol–water partition coefficient (Wildman–Crippen LogP) is 3.04. The number of aliphatic hydroxyl groups excluding tert-OH is 1. The number of rotatable bonds is 5. The lowest BCUT2D eigenvalue weighted by atomic mass is 9.87. The molecule has 0 aromatic carbocycles. The molecule has 0 aliphatic carbocycles. The number of thiophene rings is 1. The van der Waals surface area contributed by atoms with Gasteiger partial charge in [0.1, 0.15) is 0 Å². The van der Waals surface area contributed by atoms with Crippen molar-refractivity contribution in [3.8, 4) is 0 Å². The second-order valence-electron chi connectivity index (χ2n) is 3.91. The van der Waals surface area contributed by atoms with E-state index in [1.54, 1.807) is 0 Å². The van der Waals surface area contributed by atoms with Crippen molar-refractivity contribution in [2.45, 2.75) is 26.7 Å². The van der Waals surface area contributed by atoms with Crippen LogP contribution in [0.4, 0.5) is 0 Å². The van der Waals surface area contributed by atoms with Crippen LogP contribution in [0.15, 0.2) is 24.8 Å². The zero-order chi connectivity index (χ0) is 10.6. The van der Waals surface area contributed by atoms with Crippen LogP contribution in [0.25, 0.3) is 0 Å². The van der Waals surface area contributed by atoms with E-state index in [4.69, 9.17) is 0 Å². The van der Waals surface area contributed by atoms with E-state index < -0.39 is 0 Å². The molecule has 0 saturated heterocycles. The Hall–Kier alpha value is -0.600. The standard InChI is InChI=1S/C12H18OS/c1-4-10-6-7-11(14-10)8-12(3,5-2)9-13/h5-7,13H,2,4,8-9H2,1,3H3. The van der Waals surface area contributed by atoms with Crippen molar-refractivity contribution < 1.29 is 5.11 Å². The highest BCUT2D eigenvalue weighted by Crippen LogP contribution is 2.27. The second kappa shape index (κ2) is 4.76. The Morgan fingerprint density at radius 3 is 2.57 bits per heavy atom. The first-order chi connectivity index (χ1) is 6.63. The van der Waals surface area contributed by atoms with Crippen LogP contribution in [-0.2, 0) is 12.8 Å². The second-order valence-corrected chi connectivity index (χ2v) is 5.17. The molecule has 0 fully saturated rings. The molecule has 0 radical (unpaired) electrons. The van der Waals surface area contributed by atoms with Crippen LogP contribution in [0.2, 0.25) is 0 Å². The Morgan fingerprint density at radius 2 is 2.14 bits per heavy atom. The number of aryl methyl sites for hydroxylation is 1. The van der Waals surface area contributed by atoms with Crippen molar-refractivity contribution >= 4 is 11.3 Å². The monoisotopic (exact) mass is 210 g/mol. The Morgan fingerprint density at radius 1 is 1.50 bits per heavy atom. The summed E-state index contributed by atoms with van der Waals surface area (Å²) >= 11 is 1.83. The molecular formula is C12H18OS. The summed E-state index contributed by atoms with van der Waals surface area (Å²) in [5, 5.41) is 9.24. The molecule has 0 saturated carbocycles. The third-order valence-electron chi connectivity index (χ3n) is 2.50. The summed E-state index contributed by atoms with van der Waals surface area (Å²) in [7, 11) is 0. The Labute approximate surface area is 90.1 Å². The minimum absolute atomic E-state index is 0.163. The minimum atomic E-state index is -0.171. The molecule has 1 aromatic rings. The van der Waals surface area contributed by atoms with Crippen molar-refractivity contribution in [2.24, 2.45) is 5.41 Å². The van der Waals surface area contributed by atoms with E-state index in [2.05, 4.69) is 25.6 Å². The summed E-state index contributed by atoms with van der Waals surface area (Å²) < 4.78 is 0. The third-order valence-corrected chi connectivity index (χ3v) is 3.73. The number of aliphatic hydroxyl groups is 1. The van der Waals surface area contributed by atoms with Gasteiger partial charge in [0.05, 0.1) is 6.61 Å². The van der Waals surface area contributed by atoms with Crippen LogP contribution in [0, 0.1) is 5.41 Å². The van der Waals surface area contributed by atoms with Crippen LogP contribution in [0.5, 0.6) is 0 Å². The van der Waals surface area contributed by atoms with Gasteiger partial charge in [0.2, 0.25) is 0 Å². The molecule has 1 aromatic heterocycles. The zero-order valence-electron chi connectivity index (χ0n) is 8.92. The van der Waals surface area contributed by atoms with Gasteiger partial charge in [-0.3, -0.25) is 0 Å². The molecule has 1 heterocycles. The van der Waals surface area contributed by atoms with E-state index in [0.717, 1.165) is 12.8 Å². The van der Waals surface area contributed by atoms with Gasteiger partial charge in [-0.25, -0.2) is 0 Å². The Kier molecular flexibility index (Phi) is 3.90. The first kappa shape index (κ1) is 11.5. The van der Waals surface area contributed by atoms with Crippen LogP contribution in [0.3, 0.4) is 0 Å². The lowest BCUT2D eigenvalue weighted by Crippen LogP contribution is -2.20. The molecule has 0 bridgehead atoms. The van der Waals surface area contributed by atoms with Crippen LogP contribution >= 0.6 is 11.3 Å². The summed E-state index contributed by atoms with van der Waals surface area (Å²) in [6.07, 6.45) is 3.82. The molecule has 1 rings (SSSR count). The van der Waals surface area contributed by atoms with E-state index in [-0.39, 0.29) is 12.0 Å². The van der Waals surface area contributed by atoms with Crippen molar-refractivity contribution in [2.75, 3.05) is 6.61 Å². The van der Waals surface area contributed by atoms with Gasteiger partial charge in [0, 0.05) is 15.2 Å². The maximum absolute atomic E-state index is 9.24. The molecule has 0 amide bonds. The lowest BCUT2D eigenvalue weighted by molar-refractivity contribution is 0.185. The van der Waals surface area contributed by atoms with Gasteiger partial charge in [0.15, 0.2) is 0 Å². The van der Waals surface area contributed by atoms with Crippen molar-refractivity contribution in [3.63, 3.8) is 0 Å². The quantitative estimate of drug-likeness (QED) is 0.741. The highest BCUT2D eigenvalue weighted by atomic mass is 32.1. The van der Waals surface area contributed by atoms with Crippen LogP contribution < -0.4 is 0 Å². The van der Waals surface area contributed by atoms with Crippen molar-refractivity contribution in [1.29, 1.82) is 0 Å². The van der Waals surface area contributed by atoms with E-state index >= 15 is 0 Å². The fraction of sp³-hybridized carbons (Fsp3) is 0.500. The summed E-state index contributed by atoms with van der Waals surface area (Å²) in [4.78, 5) is 2.74. The molecule has 14 heavy (non-hydrogen) atoms. The van der Waals surface area contributed by atoms with Crippen LogP contribution in [0.1, 0.15) is 23.6 Å². The maximum atomic E-state index is 9.24. The topological polar surface area (TPSA) is 20.2 Å². The molecule has 2 heteroatoms. The average Bonchev–Trinajstić information content (AvgIpc) is 2.65. The molecule has 1 atom stereocenters. The summed E-state index contributed by atoms with van der Waals surface area (Å²) in [5.74, 6) is 0. The molecule has 1 N–H and O–H groups in total. The van der Waals surface area contributed by atoms with Gasteiger partial charge >= 0.3 is 0 Å². The summed E-state index contributed by atoms with van der Waals surface area (Å²) in [6, 6.07) is 4.32. The lowest BCUT2D eigenvalue weighted by Gasteiger charge is -2.21. The Balaban J connectivity index is 2.72. The van der Waals surface area contributed by atoms with E-state index in [9.17, 15) is 5.11 Å². The average molecular weight is 210 g/mol. The predicted molar refractivity (Wildman–Crippen MR) is 62.8 cm³/mol. The normalized spacial score (nSPS) is 15.1. The summed E-state index contributed by atoms with van der Waals surface area (Å²) in [5.41, 5.74) is -0.171. The molecular weight excluding hydrogens is 192 g/mol. The number of hydrogen-bond acceptors (Lipinski definition) is 2. The van der Waals surface area contributed by atoms with Crippen LogP contribution in [-0.4, -0.2) is 11.7 Å². The minimum Gasteiger partial charge on any atom is -0.395 e. The highest BCUT2D eigenvalue weighted by Gasteiger charge is 2.20. The van der Waals surface area contributed by atoms with Crippen molar-refractivity contribution in [1.82, 2.24) is 0 Å². The zero-order valence-corrected chi connectivity index (χ0v) is 9.73. The largest absolute Gasteiger partial charge is 0.395 e. The first-order valence-electron chi connectivity index (χ1n) is 4.95. The Bertz CT molecular complexity index is 303. The van der Waals surface area contributed by atoms with Gasteiger partial charge in [-0.15, -0.1) is 17.9 Å². The molecule has 1 nitrogen and oxygen atoms in total. The fourth-order valence-corrected chi connectivity index (χ4v) is 2.45. The fourth-order valence-electron chi connectivity index (χ4n) is 1.30. The first-order valence-corrected chi connectivity index (χ1v) is 5.77. The maximum Gasteiger partial charge on any atom is 0.0522 e. The molecule has 0 aliphatic rings. The molecule has 1 unspecified atom stereocenters. The SMILES string of the molecule is C=CC(C)(CO)Cc1ccc(CC)s1. The number of hydrogen-bond donors (Lipinski definition) is 1. The van der Waals surface area contributed by atoms with Gasteiger partial charge in [-0.1, -0.05) is 19.9 Å². The highest BCUT2D eigenvalue weighted by molar-refractivity contribution is 7.11. The van der Waals surface area contributed by atoms with E-state index in [0.29, 0.717) is 0 Å². The molecule has 0 aliphatic heterocycles. The summed E-state index contributed by atoms with van der Waals surface area (Å²) in [6.45, 7) is 8.13. The smallest absolute Gasteiger partial charge is 0.0522 e. The van der Waals surface area contributed by atoms with Gasteiger partial charge in [-0.2, -0.15) is 0 Å². The van der Waals surface area contributed by atoms with Gasteiger partial charge < -0.3 is 5.11 Å². The van der Waals surface area contributed by atoms with Gasteiger partial charge in [0.25, 0.3) is 0 Å². The van der Waals surface area contributed by atoms with Gasteiger partial charge in [-0.05, 0) is 25.0 Å². The van der Waals surface area contributed by atoms with Crippen molar-refractivity contribution in [3.05, 3.63) is 34.5 Å². The van der Waals surface area contributed by atoms with E-state index in [1.807, 2.05) is 24.3 Å². The third kappa shape index (κ3) is 2.69. The molecule has 78 valence electrons. The van der Waals surface area contributed by atoms with E-state index in [1.165, 1.54) is 9.75 Å².